The summed E-state index contributed by atoms with van der Waals surface area (Å²) in [6.45, 7) is 3.13. The van der Waals surface area contributed by atoms with E-state index in [2.05, 4.69) is 53.2 Å². The van der Waals surface area contributed by atoms with Crippen LogP contribution in [0.25, 0.3) is 11.1 Å². The first kappa shape index (κ1) is 19.4. The number of rotatable bonds is 5. The molecule has 5 nitrogen and oxygen atoms in total. The average molecular weight is 388 g/mol. The molecule has 0 unspecified atom stereocenters. The molecule has 0 spiro atoms. The summed E-state index contributed by atoms with van der Waals surface area (Å²) in [6.07, 6.45) is 2.60. The lowest BCUT2D eigenvalue weighted by Gasteiger charge is -2.26. The topological polar surface area (TPSA) is 67.5 Å². The van der Waals surface area contributed by atoms with E-state index in [-0.39, 0.29) is 6.61 Å². The van der Waals surface area contributed by atoms with Crippen LogP contribution in [0.2, 0.25) is 0 Å². The van der Waals surface area contributed by atoms with Crippen molar-refractivity contribution in [1.82, 2.24) is 9.55 Å². The summed E-state index contributed by atoms with van der Waals surface area (Å²) in [7, 11) is 0. The van der Waals surface area contributed by atoms with Gasteiger partial charge in [0.05, 0.1) is 19.8 Å². The molecule has 0 saturated carbocycles. The van der Waals surface area contributed by atoms with Crippen LogP contribution in [0.3, 0.4) is 0 Å². The second-order valence-corrected chi connectivity index (χ2v) is 7.27. The molecule has 4 rings (SSSR count). The van der Waals surface area contributed by atoms with E-state index in [0.717, 1.165) is 24.3 Å². The van der Waals surface area contributed by atoms with Crippen LogP contribution in [0, 0.1) is 11.8 Å². The maximum Gasteiger partial charge on any atom is 0.138 e. The zero-order valence-corrected chi connectivity index (χ0v) is 16.3. The summed E-state index contributed by atoms with van der Waals surface area (Å²) >= 11 is 0. The summed E-state index contributed by atoms with van der Waals surface area (Å²) in [5.41, 5.74) is 4.50. The minimum atomic E-state index is -0.719. The second kappa shape index (κ2) is 8.62. The molecule has 2 aromatic carbocycles. The van der Waals surface area contributed by atoms with Crippen LogP contribution < -0.4 is 0 Å². The van der Waals surface area contributed by atoms with Gasteiger partial charge in [0.2, 0.25) is 0 Å². The van der Waals surface area contributed by atoms with Gasteiger partial charge in [0.15, 0.2) is 0 Å². The minimum Gasteiger partial charge on any atom is -0.393 e. The highest BCUT2D eigenvalue weighted by Crippen LogP contribution is 2.27. The number of aromatic nitrogens is 2. The summed E-state index contributed by atoms with van der Waals surface area (Å²) in [5, 5.41) is 19.5. The van der Waals surface area contributed by atoms with Crippen molar-refractivity contribution in [1.29, 1.82) is 0 Å². The number of aliphatic hydroxyl groups is 2. The molecular weight excluding hydrogens is 364 g/mol. The molecule has 29 heavy (non-hydrogen) atoms. The Morgan fingerprint density at radius 1 is 1.10 bits per heavy atom. The van der Waals surface area contributed by atoms with Gasteiger partial charge in [-0.25, -0.2) is 4.98 Å². The quantitative estimate of drug-likeness (QED) is 0.658. The van der Waals surface area contributed by atoms with Gasteiger partial charge in [0.1, 0.15) is 18.0 Å². The van der Waals surface area contributed by atoms with Gasteiger partial charge in [-0.15, -0.1) is 0 Å². The molecule has 1 aliphatic heterocycles. The third kappa shape index (κ3) is 4.25. The van der Waals surface area contributed by atoms with Crippen molar-refractivity contribution >= 4 is 0 Å². The first-order valence-electron chi connectivity index (χ1n) is 9.77. The van der Waals surface area contributed by atoms with E-state index in [0.29, 0.717) is 11.7 Å². The van der Waals surface area contributed by atoms with Gasteiger partial charge in [0.25, 0.3) is 0 Å². The second-order valence-electron chi connectivity index (χ2n) is 7.27. The van der Waals surface area contributed by atoms with Gasteiger partial charge in [-0.2, -0.15) is 0 Å². The van der Waals surface area contributed by atoms with Crippen LogP contribution in [-0.4, -0.2) is 39.6 Å². The summed E-state index contributed by atoms with van der Waals surface area (Å²) in [5.74, 6) is 7.21. The SMILES string of the molecule is C[C@H](O)c1nccn1[C@@H](C#Cc1ccc(-c2ccc(C3COC3)cc2)cc1)CO. The van der Waals surface area contributed by atoms with E-state index in [4.69, 9.17) is 4.74 Å². The molecule has 2 heterocycles. The van der Waals surface area contributed by atoms with Crippen molar-refractivity contribution in [3.63, 3.8) is 0 Å². The third-order valence-corrected chi connectivity index (χ3v) is 5.20. The Bertz CT molecular complexity index is 1010. The van der Waals surface area contributed by atoms with Gasteiger partial charge in [-0.05, 0) is 35.7 Å². The van der Waals surface area contributed by atoms with Gasteiger partial charge in [-0.3, -0.25) is 0 Å². The average Bonchev–Trinajstić information content (AvgIpc) is 3.18. The number of ether oxygens (including phenoxy) is 1. The zero-order valence-electron chi connectivity index (χ0n) is 16.3. The molecule has 3 aromatic rings. The van der Waals surface area contributed by atoms with Crippen LogP contribution in [-0.2, 0) is 4.74 Å². The molecule has 2 atom stereocenters. The Balaban J connectivity index is 1.49. The van der Waals surface area contributed by atoms with Crippen LogP contribution >= 0.6 is 0 Å². The number of aliphatic hydroxyl groups excluding tert-OH is 2. The third-order valence-electron chi connectivity index (χ3n) is 5.20. The van der Waals surface area contributed by atoms with Crippen molar-refractivity contribution in [2.24, 2.45) is 0 Å². The first-order valence-corrected chi connectivity index (χ1v) is 9.77. The summed E-state index contributed by atoms with van der Waals surface area (Å²) < 4.78 is 6.97. The normalized spacial score (nSPS) is 15.8. The van der Waals surface area contributed by atoms with E-state index in [1.54, 1.807) is 23.9 Å². The number of nitrogens with zero attached hydrogens (tertiary/aromatic N) is 2. The lowest BCUT2D eigenvalue weighted by molar-refractivity contribution is 0.00843. The highest BCUT2D eigenvalue weighted by Gasteiger charge is 2.20. The maximum atomic E-state index is 9.81. The molecule has 1 aliphatic rings. The molecule has 1 aromatic heterocycles. The largest absolute Gasteiger partial charge is 0.393 e. The first-order chi connectivity index (χ1) is 14.2. The zero-order chi connectivity index (χ0) is 20.2. The van der Waals surface area contributed by atoms with E-state index in [1.807, 2.05) is 12.1 Å². The fraction of sp³-hybridized carbons (Fsp3) is 0.292. The number of imidazole rings is 1. The lowest BCUT2D eigenvalue weighted by Crippen LogP contribution is -2.24. The van der Waals surface area contributed by atoms with Crippen molar-refractivity contribution in [2.45, 2.75) is 25.0 Å². The van der Waals surface area contributed by atoms with Crippen LogP contribution in [0.1, 0.15) is 41.9 Å². The molecule has 5 heteroatoms. The van der Waals surface area contributed by atoms with Crippen molar-refractivity contribution < 1.29 is 14.9 Å². The molecule has 0 aliphatic carbocycles. The molecule has 0 amide bonds. The molecule has 2 N–H and O–H groups in total. The molecule has 0 bridgehead atoms. The van der Waals surface area contributed by atoms with Crippen LogP contribution in [0.15, 0.2) is 60.9 Å². The van der Waals surface area contributed by atoms with Crippen molar-refractivity contribution in [3.05, 3.63) is 77.9 Å². The Morgan fingerprint density at radius 2 is 1.76 bits per heavy atom. The van der Waals surface area contributed by atoms with Gasteiger partial charge >= 0.3 is 0 Å². The van der Waals surface area contributed by atoms with E-state index < -0.39 is 12.1 Å². The van der Waals surface area contributed by atoms with E-state index in [9.17, 15) is 10.2 Å². The van der Waals surface area contributed by atoms with Gasteiger partial charge in [0, 0.05) is 23.9 Å². The minimum absolute atomic E-state index is 0.153. The number of benzene rings is 2. The monoisotopic (exact) mass is 388 g/mol. The predicted molar refractivity (Wildman–Crippen MR) is 111 cm³/mol. The van der Waals surface area contributed by atoms with Crippen molar-refractivity contribution in [2.75, 3.05) is 19.8 Å². The van der Waals surface area contributed by atoms with Gasteiger partial charge in [-0.1, -0.05) is 48.2 Å². The van der Waals surface area contributed by atoms with Crippen LogP contribution in [0.5, 0.6) is 0 Å². The molecule has 148 valence electrons. The van der Waals surface area contributed by atoms with Crippen molar-refractivity contribution in [3.8, 4) is 23.0 Å². The molecule has 1 fully saturated rings. The molecule has 1 saturated heterocycles. The standard InChI is InChI=1S/C24H24N2O3/c1-17(28)24-25-12-13-26(24)23(14-27)11-4-18-2-5-19(6-3-18)20-7-9-21(10-8-20)22-15-29-16-22/h2-3,5-10,12-13,17,22-23,27-28H,14-16H2,1H3/t17-,23-/m0/s1. The lowest BCUT2D eigenvalue weighted by atomic mass is 9.95. The van der Waals surface area contributed by atoms with E-state index >= 15 is 0 Å². The molecule has 0 radical (unpaired) electrons. The Hall–Kier alpha value is -2.91. The Morgan fingerprint density at radius 3 is 2.31 bits per heavy atom. The number of hydrogen-bond donors (Lipinski definition) is 2. The van der Waals surface area contributed by atoms with Gasteiger partial charge < -0.3 is 19.5 Å². The van der Waals surface area contributed by atoms with Crippen LogP contribution in [0.4, 0.5) is 0 Å². The predicted octanol–water partition coefficient (Wildman–Crippen LogP) is 3.30. The van der Waals surface area contributed by atoms with E-state index in [1.165, 1.54) is 11.1 Å². The summed E-state index contributed by atoms with van der Waals surface area (Å²) in [4.78, 5) is 4.14. The fourth-order valence-electron chi connectivity index (χ4n) is 3.40. The maximum absolute atomic E-state index is 9.81. The number of hydrogen-bond acceptors (Lipinski definition) is 4. The Labute approximate surface area is 170 Å². The summed E-state index contributed by atoms with van der Waals surface area (Å²) in [6, 6.07) is 16.3. The highest BCUT2D eigenvalue weighted by molar-refractivity contribution is 5.64. The smallest absolute Gasteiger partial charge is 0.138 e. The Kier molecular flexibility index (Phi) is 5.77. The fourth-order valence-corrected chi connectivity index (χ4v) is 3.40. The highest BCUT2D eigenvalue weighted by atomic mass is 16.5. The molecular formula is C24H24N2O3.